The van der Waals surface area contributed by atoms with Gasteiger partial charge in [-0.15, -0.1) is 41.4 Å². The maximum atomic E-state index is 12.7. The first-order chi connectivity index (χ1) is 15.2. The Morgan fingerprint density at radius 3 is 2.71 bits per heavy atom. The van der Waals surface area contributed by atoms with E-state index in [1.807, 2.05) is 0 Å². The van der Waals surface area contributed by atoms with E-state index in [1.54, 1.807) is 6.08 Å². The maximum Gasteiger partial charge on any atom is 1.00 e. The van der Waals surface area contributed by atoms with Gasteiger partial charge in [-0.3, -0.25) is 14.7 Å². The zero-order valence-corrected chi connectivity index (χ0v) is 24.6. The number of thioether (sulfide) groups is 2. The number of thiazole rings is 1. The minimum Gasteiger partial charge on any atom is -0.857 e. The van der Waals surface area contributed by atoms with Crippen LogP contribution in [-0.2, 0) is 19.2 Å². The van der Waals surface area contributed by atoms with Crippen LogP contribution in [0.5, 0.6) is 0 Å². The summed E-state index contributed by atoms with van der Waals surface area (Å²) >= 11 is 3.54. The first-order valence-electron chi connectivity index (χ1n) is 8.75. The van der Waals surface area contributed by atoms with E-state index in [2.05, 4.69) is 26.5 Å². The van der Waals surface area contributed by atoms with Crippen LogP contribution in [0.25, 0.3) is 0 Å². The molecule has 3 heterocycles. The van der Waals surface area contributed by atoms with Crippen LogP contribution < -0.4 is 75.1 Å². The number of aromatic nitrogens is 1. The van der Waals surface area contributed by atoms with Crippen molar-refractivity contribution in [1.29, 1.82) is 0 Å². The topological polar surface area (TPSA) is 194 Å². The van der Waals surface area contributed by atoms with Crippen molar-refractivity contribution in [3.8, 4) is 0 Å². The van der Waals surface area contributed by atoms with E-state index in [1.165, 1.54) is 28.9 Å². The van der Waals surface area contributed by atoms with Gasteiger partial charge in [0.1, 0.15) is 22.5 Å². The average Bonchev–Trinajstić information content (AvgIpc) is 3.17. The standard InChI is InChI=1S/C17H17N5O7S3.2Na/c1-2-3-30-8-6-31-15-11(14(26)22(15)12(8)16(27)28)20-13(25)10(21-29-4-9(23)24)7-5-32-17(18)19-7;;/h2,5,11,15H,1,3-4,6H2,(H2,18,19)(H,20,25)(H,23,24)(H,27,28);;/q;2*+1/p-2/b21-10+;;/t11-,15-;;/m1../s1. The molecule has 0 saturated carbocycles. The first-order valence-corrected chi connectivity index (χ1v) is 11.7. The van der Waals surface area contributed by atoms with Gasteiger partial charge in [-0.1, -0.05) is 11.2 Å². The smallest absolute Gasteiger partial charge is 0.857 e. The number of carboxylic acids is 2. The van der Waals surface area contributed by atoms with Crippen LogP contribution in [0.2, 0.25) is 0 Å². The molecule has 1 aromatic heterocycles. The molecule has 0 unspecified atom stereocenters. The van der Waals surface area contributed by atoms with E-state index < -0.39 is 47.5 Å². The summed E-state index contributed by atoms with van der Waals surface area (Å²) in [5, 5.41) is 37.2. The third-order valence-electron chi connectivity index (χ3n) is 4.04. The number of hydrogen-bond acceptors (Lipinski definition) is 13. The molecule has 0 aliphatic carbocycles. The summed E-state index contributed by atoms with van der Waals surface area (Å²) in [5.41, 5.74) is 4.98. The summed E-state index contributed by atoms with van der Waals surface area (Å²) in [6, 6.07) is -1.14. The quantitative estimate of drug-likeness (QED) is 0.0711. The molecule has 2 aliphatic rings. The van der Waals surface area contributed by atoms with Crippen LogP contribution >= 0.6 is 34.9 Å². The molecule has 1 amide bonds. The molecule has 3 N–H and O–H groups in total. The van der Waals surface area contributed by atoms with Crippen LogP contribution in [0.3, 0.4) is 0 Å². The van der Waals surface area contributed by atoms with E-state index in [9.17, 15) is 29.7 Å². The molecule has 17 heteroatoms. The Morgan fingerprint density at radius 1 is 1.44 bits per heavy atom. The number of carbonyl (C=O) groups excluding carboxylic acids is 2. The fourth-order valence-electron chi connectivity index (χ4n) is 2.76. The van der Waals surface area contributed by atoms with Crippen LogP contribution in [0.1, 0.15) is 5.69 Å². The number of hydrogen-bond donors (Lipinski definition) is 2. The SMILES string of the molecule is C=CCSC1=C(C(=O)O)N2C(=O)[C@@H](N=C([O-])/C(=N/OCC(=O)[O-])c3csc(N)n3)[C@H]2SC1.[Na+].[Na+]. The molecule has 1 aromatic rings. The fraction of sp³-hybridized carbons (Fsp3) is 0.294. The number of carbonyl (C=O) groups is 3. The zero-order valence-electron chi connectivity index (χ0n) is 18.1. The van der Waals surface area contributed by atoms with Gasteiger partial charge in [0, 0.05) is 27.7 Å². The van der Waals surface area contributed by atoms with E-state index >= 15 is 0 Å². The van der Waals surface area contributed by atoms with Crippen LogP contribution in [0.15, 0.2) is 38.8 Å². The molecular weight excluding hydrogens is 528 g/mol. The molecule has 0 bridgehead atoms. The number of fused-ring (bicyclic) bond motifs is 1. The van der Waals surface area contributed by atoms with Crippen molar-refractivity contribution in [3.63, 3.8) is 0 Å². The van der Waals surface area contributed by atoms with Gasteiger partial charge in [-0.05, 0) is 0 Å². The number of rotatable bonds is 10. The van der Waals surface area contributed by atoms with Crippen LogP contribution in [-0.4, -0.2) is 74.0 Å². The Labute approximate surface area is 250 Å². The van der Waals surface area contributed by atoms with E-state index in [4.69, 9.17) is 5.73 Å². The Bertz CT molecular complexity index is 1060. The molecule has 3 rings (SSSR count). The first kappa shape index (κ1) is 31.0. The van der Waals surface area contributed by atoms with Crippen LogP contribution in [0.4, 0.5) is 5.13 Å². The maximum absolute atomic E-state index is 12.7. The number of amides is 1. The summed E-state index contributed by atoms with van der Waals surface area (Å²) in [4.78, 5) is 49.0. The molecule has 1 saturated heterocycles. The normalized spacial score (nSPS) is 19.9. The molecule has 34 heavy (non-hydrogen) atoms. The van der Waals surface area contributed by atoms with Gasteiger partial charge in [-0.25, -0.2) is 9.78 Å². The van der Waals surface area contributed by atoms with Crippen molar-refractivity contribution in [1.82, 2.24) is 9.88 Å². The van der Waals surface area contributed by atoms with Crippen molar-refractivity contribution in [3.05, 3.63) is 34.3 Å². The number of aliphatic imine (C=N–C) groups is 1. The molecule has 0 spiro atoms. The van der Waals surface area contributed by atoms with Gasteiger partial charge in [0.15, 0.2) is 17.8 Å². The number of carboxylic acid groups (broad SMARTS) is 2. The Hall–Kier alpha value is -1.04. The monoisotopic (exact) mass is 543 g/mol. The molecule has 1 fully saturated rings. The summed E-state index contributed by atoms with van der Waals surface area (Å²) in [6.07, 6.45) is 1.62. The van der Waals surface area contributed by atoms with Crippen LogP contribution in [0, 0.1) is 0 Å². The van der Waals surface area contributed by atoms with Gasteiger partial charge >= 0.3 is 65.1 Å². The predicted molar refractivity (Wildman–Crippen MR) is 116 cm³/mol. The number of aliphatic carboxylic acids is 2. The van der Waals surface area contributed by atoms with Crippen molar-refractivity contribution < 1.29 is 93.7 Å². The Kier molecular flexibility index (Phi) is 12.7. The zero-order chi connectivity index (χ0) is 23.4. The van der Waals surface area contributed by atoms with Gasteiger partial charge in [-0.2, -0.15) is 0 Å². The summed E-state index contributed by atoms with van der Waals surface area (Å²) in [5.74, 6) is -3.65. The summed E-state index contributed by atoms with van der Waals surface area (Å²) in [6.45, 7) is 2.68. The van der Waals surface area contributed by atoms with Crippen molar-refractivity contribution in [2.24, 2.45) is 10.1 Å². The molecule has 0 aromatic carbocycles. The largest absolute Gasteiger partial charge is 1.00 e. The second-order valence-electron chi connectivity index (χ2n) is 6.12. The number of nitrogen functional groups attached to an aromatic ring is 1. The third kappa shape index (κ3) is 7.01. The fourth-order valence-corrected chi connectivity index (χ4v) is 5.66. The Morgan fingerprint density at radius 2 is 2.15 bits per heavy atom. The van der Waals surface area contributed by atoms with Crippen molar-refractivity contribution >= 4 is 69.4 Å². The van der Waals surface area contributed by atoms with Gasteiger partial charge in [0.2, 0.25) is 0 Å². The minimum atomic E-state index is -1.56. The minimum absolute atomic E-state index is 0. The second kappa shape index (κ2) is 13.9. The molecular formula is C17H15N5Na2O7S3. The number of β-lactam (4-membered cyclic amide) rings is 1. The van der Waals surface area contributed by atoms with Gasteiger partial charge < -0.3 is 30.7 Å². The molecule has 0 radical (unpaired) electrons. The van der Waals surface area contributed by atoms with Crippen molar-refractivity contribution in [2.75, 3.05) is 23.8 Å². The van der Waals surface area contributed by atoms with Crippen molar-refractivity contribution in [2.45, 2.75) is 11.4 Å². The predicted octanol–water partition coefficient (Wildman–Crippen LogP) is -7.54. The second-order valence-corrected chi connectivity index (χ2v) is 9.23. The molecule has 12 nitrogen and oxygen atoms in total. The van der Waals surface area contributed by atoms with Gasteiger partial charge in [0.25, 0.3) is 5.91 Å². The van der Waals surface area contributed by atoms with E-state index in [0.29, 0.717) is 16.4 Å². The number of anilines is 1. The van der Waals surface area contributed by atoms with Gasteiger partial charge in [0.05, 0.1) is 5.97 Å². The van der Waals surface area contributed by atoms with E-state index in [-0.39, 0.29) is 75.6 Å². The molecule has 170 valence electrons. The summed E-state index contributed by atoms with van der Waals surface area (Å²) < 4.78 is 0. The van der Waals surface area contributed by atoms with E-state index in [0.717, 1.165) is 16.2 Å². The summed E-state index contributed by atoms with van der Waals surface area (Å²) in [7, 11) is 0. The molecule has 2 atom stereocenters. The average molecular weight is 544 g/mol. The number of nitrogens with two attached hydrogens (primary N) is 1. The Balaban J connectivity index is 0.00000289. The third-order valence-corrected chi connectivity index (χ3v) is 7.26. The number of oxime groups is 1. The molecule has 2 aliphatic heterocycles. The number of nitrogens with zero attached hydrogens (tertiary/aromatic N) is 4.